The maximum absolute atomic E-state index is 13.8. The molecule has 0 saturated carbocycles. The number of rotatable bonds is 4. The highest BCUT2D eigenvalue weighted by molar-refractivity contribution is 6.11. The lowest BCUT2D eigenvalue weighted by Crippen LogP contribution is -2.42. The summed E-state index contributed by atoms with van der Waals surface area (Å²) < 4.78 is 18.7. The number of aryl methyl sites for hydroxylation is 1. The molecule has 1 spiro atoms. The Morgan fingerprint density at radius 2 is 2.04 bits per heavy atom. The zero-order chi connectivity index (χ0) is 19.2. The van der Waals surface area contributed by atoms with Gasteiger partial charge < -0.3 is 10.1 Å². The second kappa shape index (κ2) is 6.19. The van der Waals surface area contributed by atoms with Crippen molar-refractivity contribution in [1.29, 1.82) is 0 Å². The van der Waals surface area contributed by atoms with Gasteiger partial charge in [0.15, 0.2) is 17.3 Å². The predicted octanol–water partition coefficient (Wildman–Crippen LogP) is 2.41. The summed E-state index contributed by atoms with van der Waals surface area (Å²) in [5.41, 5.74) is 0.742. The van der Waals surface area contributed by atoms with Crippen LogP contribution in [-0.4, -0.2) is 36.3 Å². The van der Waals surface area contributed by atoms with E-state index in [1.54, 1.807) is 0 Å². The number of nitrogens with one attached hydrogen (secondary N) is 1. The first-order chi connectivity index (χ1) is 13.0. The molecular weight excluding hydrogens is 351 g/mol. The van der Waals surface area contributed by atoms with E-state index < -0.39 is 35.6 Å². The van der Waals surface area contributed by atoms with Crippen molar-refractivity contribution in [3.63, 3.8) is 0 Å². The molecule has 7 heteroatoms. The van der Waals surface area contributed by atoms with Crippen LogP contribution in [0.15, 0.2) is 42.5 Å². The molecule has 2 aromatic rings. The second-order valence-electron chi connectivity index (χ2n) is 6.66. The summed E-state index contributed by atoms with van der Waals surface area (Å²) in [6, 6.07) is 10.6. The number of imide groups is 1. The number of urea groups is 1. The van der Waals surface area contributed by atoms with Crippen molar-refractivity contribution in [2.24, 2.45) is 0 Å². The number of ketones is 1. The molecule has 3 amide bonds. The third kappa shape index (κ3) is 2.58. The number of methoxy groups -OCH3 is 1. The van der Waals surface area contributed by atoms with Crippen molar-refractivity contribution >= 4 is 17.7 Å². The van der Waals surface area contributed by atoms with Crippen molar-refractivity contribution in [1.82, 2.24) is 10.2 Å². The van der Waals surface area contributed by atoms with Crippen molar-refractivity contribution in [3.8, 4) is 5.75 Å². The van der Waals surface area contributed by atoms with Gasteiger partial charge in [0.05, 0.1) is 13.7 Å². The molecule has 4 rings (SSSR count). The van der Waals surface area contributed by atoms with Crippen LogP contribution in [0.1, 0.15) is 27.9 Å². The van der Waals surface area contributed by atoms with Crippen LogP contribution in [0.2, 0.25) is 0 Å². The number of hydrogen-bond donors (Lipinski definition) is 1. The van der Waals surface area contributed by atoms with Gasteiger partial charge in [-0.1, -0.05) is 24.3 Å². The molecule has 2 aliphatic rings. The van der Waals surface area contributed by atoms with E-state index in [0.717, 1.165) is 22.1 Å². The summed E-state index contributed by atoms with van der Waals surface area (Å²) in [7, 11) is 1.33. The van der Waals surface area contributed by atoms with Crippen LogP contribution in [0.4, 0.5) is 9.18 Å². The molecule has 1 fully saturated rings. The van der Waals surface area contributed by atoms with Crippen molar-refractivity contribution in [2.45, 2.75) is 18.4 Å². The van der Waals surface area contributed by atoms with Crippen LogP contribution in [0.5, 0.6) is 5.75 Å². The van der Waals surface area contributed by atoms with Crippen molar-refractivity contribution in [2.75, 3.05) is 13.7 Å². The Hall–Kier alpha value is -3.22. The van der Waals surface area contributed by atoms with Gasteiger partial charge in [-0.05, 0) is 42.2 Å². The van der Waals surface area contributed by atoms with Gasteiger partial charge in [0.1, 0.15) is 5.54 Å². The second-order valence-corrected chi connectivity index (χ2v) is 6.66. The number of benzene rings is 2. The maximum Gasteiger partial charge on any atom is 0.325 e. The molecule has 1 saturated heterocycles. The van der Waals surface area contributed by atoms with Gasteiger partial charge in [0, 0.05) is 5.56 Å². The SMILES string of the molecule is COc1ccc(C(=O)CN2C(=O)N[C@]3(CCc4ccccc43)C2=O)cc1F. The fourth-order valence-electron chi connectivity index (χ4n) is 3.81. The number of carbonyl (C=O) groups excluding carboxylic acids is 3. The monoisotopic (exact) mass is 368 g/mol. The Balaban J connectivity index is 1.59. The van der Waals surface area contributed by atoms with E-state index in [-0.39, 0.29) is 11.3 Å². The molecule has 0 radical (unpaired) electrons. The van der Waals surface area contributed by atoms with E-state index in [1.165, 1.54) is 19.2 Å². The number of amides is 3. The normalized spacial score (nSPS) is 20.7. The average molecular weight is 368 g/mol. The number of carbonyl (C=O) groups is 3. The predicted molar refractivity (Wildman–Crippen MR) is 94.0 cm³/mol. The molecule has 1 aliphatic carbocycles. The van der Waals surface area contributed by atoms with Gasteiger partial charge in [-0.2, -0.15) is 0 Å². The lowest BCUT2D eigenvalue weighted by atomic mass is 9.92. The lowest BCUT2D eigenvalue weighted by molar-refractivity contribution is -0.131. The highest BCUT2D eigenvalue weighted by atomic mass is 19.1. The lowest BCUT2D eigenvalue weighted by Gasteiger charge is -2.22. The van der Waals surface area contributed by atoms with Crippen LogP contribution in [0.3, 0.4) is 0 Å². The summed E-state index contributed by atoms with van der Waals surface area (Å²) in [5.74, 6) is -1.63. The van der Waals surface area contributed by atoms with Gasteiger partial charge >= 0.3 is 6.03 Å². The maximum atomic E-state index is 13.8. The summed E-state index contributed by atoms with van der Waals surface area (Å²) in [6.45, 7) is -0.444. The Kier molecular flexibility index (Phi) is 3.95. The average Bonchev–Trinajstić information content (AvgIpc) is 3.15. The van der Waals surface area contributed by atoms with Crippen LogP contribution in [0, 0.1) is 5.82 Å². The number of halogens is 1. The van der Waals surface area contributed by atoms with Gasteiger partial charge in [0.2, 0.25) is 0 Å². The minimum atomic E-state index is -1.11. The number of fused-ring (bicyclic) bond motifs is 2. The van der Waals surface area contributed by atoms with Crippen LogP contribution in [0.25, 0.3) is 0 Å². The number of Topliss-reactive ketones (excluding diaryl/α,β-unsaturated/α-hetero) is 1. The Bertz CT molecular complexity index is 974. The van der Waals surface area contributed by atoms with Gasteiger partial charge in [0.25, 0.3) is 5.91 Å². The van der Waals surface area contributed by atoms with Crippen LogP contribution in [-0.2, 0) is 16.8 Å². The minimum Gasteiger partial charge on any atom is -0.494 e. The Morgan fingerprint density at radius 3 is 2.78 bits per heavy atom. The standard InChI is InChI=1S/C20H17FN2O4/c1-27-17-7-6-13(10-15(17)21)16(24)11-23-18(25)20(22-19(23)26)9-8-12-4-2-3-5-14(12)20/h2-7,10H,8-9,11H2,1H3,(H,22,26)/t20-/m0/s1. The van der Waals surface area contributed by atoms with Gasteiger partial charge in [-0.25, -0.2) is 9.18 Å². The van der Waals surface area contributed by atoms with Crippen molar-refractivity contribution < 1.29 is 23.5 Å². The van der Waals surface area contributed by atoms with E-state index in [2.05, 4.69) is 5.32 Å². The van der Waals surface area contributed by atoms with E-state index in [9.17, 15) is 18.8 Å². The molecule has 0 bridgehead atoms. The molecule has 0 aromatic heterocycles. The Labute approximate surface area is 154 Å². The third-order valence-corrected chi connectivity index (χ3v) is 5.20. The van der Waals surface area contributed by atoms with E-state index >= 15 is 0 Å². The topological polar surface area (TPSA) is 75.7 Å². The smallest absolute Gasteiger partial charge is 0.325 e. The molecule has 27 heavy (non-hydrogen) atoms. The highest BCUT2D eigenvalue weighted by Gasteiger charge is 2.55. The fraction of sp³-hybridized carbons (Fsp3) is 0.250. The third-order valence-electron chi connectivity index (χ3n) is 5.20. The quantitative estimate of drug-likeness (QED) is 0.664. The first kappa shape index (κ1) is 17.2. The zero-order valence-corrected chi connectivity index (χ0v) is 14.6. The molecule has 2 aromatic carbocycles. The molecule has 1 aliphatic heterocycles. The first-order valence-corrected chi connectivity index (χ1v) is 8.55. The zero-order valence-electron chi connectivity index (χ0n) is 14.6. The van der Waals surface area contributed by atoms with Gasteiger partial charge in [-0.15, -0.1) is 0 Å². The largest absolute Gasteiger partial charge is 0.494 e. The summed E-state index contributed by atoms with van der Waals surface area (Å²) >= 11 is 0. The number of nitrogens with zero attached hydrogens (tertiary/aromatic N) is 1. The van der Waals surface area contributed by atoms with Crippen molar-refractivity contribution in [3.05, 3.63) is 65.0 Å². The summed E-state index contributed by atoms with van der Waals surface area (Å²) in [4.78, 5) is 38.9. The molecule has 1 heterocycles. The van der Waals surface area contributed by atoms with E-state index in [0.29, 0.717) is 12.8 Å². The fourth-order valence-corrected chi connectivity index (χ4v) is 3.81. The summed E-state index contributed by atoms with van der Waals surface area (Å²) in [6.07, 6.45) is 1.13. The minimum absolute atomic E-state index is 0.0167. The van der Waals surface area contributed by atoms with Crippen LogP contribution < -0.4 is 10.1 Å². The molecular formula is C20H17FN2O4. The molecule has 6 nitrogen and oxygen atoms in total. The summed E-state index contributed by atoms with van der Waals surface area (Å²) in [5, 5.41) is 2.76. The van der Waals surface area contributed by atoms with Crippen LogP contribution >= 0.6 is 0 Å². The van der Waals surface area contributed by atoms with E-state index in [4.69, 9.17) is 4.74 Å². The molecule has 1 N–H and O–H groups in total. The molecule has 138 valence electrons. The van der Waals surface area contributed by atoms with E-state index in [1.807, 2.05) is 24.3 Å². The highest BCUT2D eigenvalue weighted by Crippen LogP contribution is 2.41. The molecule has 1 atom stereocenters. The Morgan fingerprint density at radius 1 is 1.26 bits per heavy atom. The number of ether oxygens (including phenoxy) is 1. The van der Waals surface area contributed by atoms with Gasteiger partial charge in [-0.3, -0.25) is 14.5 Å². The number of hydrogen-bond acceptors (Lipinski definition) is 4. The molecule has 0 unspecified atom stereocenters. The first-order valence-electron chi connectivity index (χ1n) is 8.55.